The molecule has 1 aromatic carbocycles. The van der Waals surface area contributed by atoms with E-state index in [9.17, 15) is 19.2 Å². The number of ether oxygens (including phenoxy) is 2. The van der Waals surface area contributed by atoms with Gasteiger partial charge in [-0.15, -0.1) is 0 Å². The molecule has 1 fully saturated rings. The van der Waals surface area contributed by atoms with Crippen LogP contribution >= 0.6 is 11.8 Å². The highest BCUT2D eigenvalue weighted by Gasteiger charge is 2.35. The number of amides is 3. The molecule has 1 saturated heterocycles. The molecule has 0 unspecified atom stereocenters. The molecule has 1 aliphatic rings. The van der Waals surface area contributed by atoms with Gasteiger partial charge in [-0.2, -0.15) is 11.8 Å². The summed E-state index contributed by atoms with van der Waals surface area (Å²) in [5.41, 5.74) is 0.812. The number of nitrogens with one attached hydrogen (secondary N) is 2. The van der Waals surface area contributed by atoms with Gasteiger partial charge in [0.25, 0.3) is 5.91 Å². The summed E-state index contributed by atoms with van der Waals surface area (Å²) in [5.74, 6) is -1.33. The van der Waals surface area contributed by atoms with Crippen molar-refractivity contribution in [2.75, 3.05) is 12.0 Å². The van der Waals surface area contributed by atoms with E-state index in [1.807, 2.05) is 36.6 Å². The number of alkyl carbamates (subject to hydrolysis) is 1. The first kappa shape index (κ1) is 19.8. The zero-order chi connectivity index (χ0) is 18.9. The fraction of sp³-hybridized carbons (Fsp3) is 0.412. The molecule has 2 N–H and O–H groups in total. The SMILES string of the molecule is CSCC[C@H](NC(=O)OCc1ccccc1)C(=O)O[C@@H]1CC(=O)NC1=O. The number of imide groups is 1. The molecule has 3 amide bonds. The van der Waals surface area contributed by atoms with Crippen LogP contribution in [0.2, 0.25) is 0 Å². The molecule has 9 heteroatoms. The lowest BCUT2D eigenvalue weighted by molar-refractivity contribution is -0.156. The van der Waals surface area contributed by atoms with E-state index in [0.29, 0.717) is 12.2 Å². The average Bonchev–Trinajstić information content (AvgIpc) is 2.94. The Hall–Kier alpha value is -2.55. The van der Waals surface area contributed by atoms with Crippen molar-refractivity contribution in [3.05, 3.63) is 35.9 Å². The van der Waals surface area contributed by atoms with Crippen LogP contribution in [0.15, 0.2) is 30.3 Å². The van der Waals surface area contributed by atoms with E-state index < -0.39 is 36.0 Å². The summed E-state index contributed by atoms with van der Waals surface area (Å²) in [6, 6.07) is 8.15. The van der Waals surface area contributed by atoms with Gasteiger partial charge in [0.05, 0.1) is 6.42 Å². The summed E-state index contributed by atoms with van der Waals surface area (Å²) in [7, 11) is 0. The minimum absolute atomic E-state index is 0.0660. The van der Waals surface area contributed by atoms with Gasteiger partial charge in [0.2, 0.25) is 5.91 Å². The van der Waals surface area contributed by atoms with Gasteiger partial charge in [0, 0.05) is 0 Å². The highest BCUT2D eigenvalue weighted by Crippen LogP contribution is 2.11. The Bertz CT molecular complexity index is 666. The fourth-order valence-electron chi connectivity index (χ4n) is 2.24. The quantitative estimate of drug-likeness (QED) is 0.511. The van der Waals surface area contributed by atoms with E-state index in [0.717, 1.165) is 5.56 Å². The van der Waals surface area contributed by atoms with E-state index in [2.05, 4.69) is 10.6 Å². The first-order valence-corrected chi connectivity index (χ1v) is 9.39. The predicted octanol–water partition coefficient (Wildman–Crippen LogP) is 0.993. The number of esters is 1. The summed E-state index contributed by atoms with van der Waals surface area (Å²) in [4.78, 5) is 46.9. The van der Waals surface area contributed by atoms with Gasteiger partial charge in [-0.3, -0.25) is 14.9 Å². The Morgan fingerprint density at radius 2 is 2.04 bits per heavy atom. The van der Waals surface area contributed by atoms with Crippen LogP contribution in [0, 0.1) is 0 Å². The van der Waals surface area contributed by atoms with Crippen LogP contribution in [-0.2, 0) is 30.5 Å². The zero-order valence-electron chi connectivity index (χ0n) is 14.2. The molecule has 1 heterocycles. The van der Waals surface area contributed by atoms with Gasteiger partial charge >= 0.3 is 12.1 Å². The van der Waals surface area contributed by atoms with Crippen molar-refractivity contribution in [1.29, 1.82) is 0 Å². The van der Waals surface area contributed by atoms with E-state index in [4.69, 9.17) is 9.47 Å². The highest BCUT2D eigenvalue weighted by molar-refractivity contribution is 7.98. The predicted molar refractivity (Wildman–Crippen MR) is 94.2 cm³/mol. The number of hydrogen-bond donors (Lipinski definition) is 2. The third-order valence-corrected chi connectivity index (χ3v) is 4.23. The molecule has 1 aliphatic heterocycles. The zero-order valence-corrected chi connectivity index (χ0v) is 15.0. The summed E-state index contributed by atoms with van der Waals surface area (Å²) in [5, 5.41) is 4.52. The Kier molecular flexibility index (Phi) is 7.46. The summed E-state index contributed by atoms with van der Waals surface area (Å²) in [6.45, 7) is 0.0660. The van der Waals surface area contributed by atoms with Crippen molar-refractivity contribution in [1.82, 2.24) is 10.6 Å². The molecule has 0 spiro atoms. The first-order chi connectivity index (χ1) is 12.5. The summed E-state index contributed by atoms with van der Waals surface area (Å²) >= 11 is 1.50. The molecule has 0 saturated carbocycles. The lowest BCUT2D eigenvalue weighted by Crippen LogP contribution is -2.44. The third kappa shape index (κ3) is 6.07. The van der Waals surface area contributed by atoms with Gasteiger partial charge < -0.3 is 14.8 Å². The van der Waals surface area contributed by atoms with Crippen molar-refractivity contribution in [3.8, 4) is 0 Å². The van der Waals surface area contributed by atoms with E-state index in [1.165, 1.54) is 11.8 Å². The summed E-state index contributed by atoms with van der Waals surface area (Å²) in [6.07, 6.45) is 0.0398. The minimum atomic E-state index is -1.16. The van der Waals surface area contributed by atoms with Crippen molar-refractivity contribution >= 4 is 35.6 Å². The van der Waals surface area contributed by atoms with Crippen molar-refractivity contribution in [3.63, 3.8) is 0 Å². The standard InChI is InChI=1S/C17H20N2O6S/c1-26-8-7-12(16(22)25-13-9-14(20)19-15(13)21)18-17(23)24-10-11-5-3-2-4-6-11/h2-6,12-13H,7-10H2,1H3,(H,18,23)(H,19,20,21)/t12-,13+/m0/s1. The number of carbonyl (C=O) groups excluding carboxylic acids is 4. The molecule has 8 nitrogen and oxygen atoms in total. The van der Waals surface area contributed by atoms with Gasteiger partial charge in [-0.1, -0.05) is 30.3 Å². The van der Waals surface area contributed by atoms with Crippen LogP contribution in [-0.4, -0.2) is 48.0 Å². The molecule has 1 aromatic rings. The molecule has 26 heavy (non-hydrogen) atoms. The molecular formula is C17H20N2O6S. The Morgan fingerprint density at radius 3 is 2.65 bits per heavy atom. The largest absolute Gasteiger partial charge is 0.450 e. The fourth-order valence-corrected chi connectivity index (χ4v) is 2.71. The van der Waals surface area contributed by atoms with Crippen LogP contribution < -0.4 is 10.6 Å². The maximum absolute atomic E-state index is 12.3. The van der Waals surface area contributed by atoms with Gasteiger partial charge in [-0.25, -0.2) is 9.59 Å². The van der Waals surface area contributed by atoms with Gasteiger partial charge in [0.1, 0.15) is 12.6 Å². The maximum Gasteiger partial charge on any atom is 0.408 e. The smallest absolute Gasteiger partial charge is 0.408 e. The van der Waals surface area contributed by atoms with Crippen LogP contribution in [0.1, 0.15) is 18.4 Å². The van der Waals surface area contributed by atoms with Crippen LogP contribution in [0.3, 0.4) is 0 Å². The number of rotatable bonds is 8. The number of thioether (sulfide) groups is 1. The van der Waals surface area contributed by atoms with Gasteiger partial charge in [0.15, 0.2) is 6.10 Å². The number of carbonyl (C=O) groups is 4. The topological polar surface area (TPSA) is 111 Å². The number of benzene rings is 1. The second-order valence-electron chi connectivity index (χ2n) is 5.58. The number of hydrogen-bond acceptors (Lipinski definition) is 7. The molecule has 0 aliphatic carbocycles. The molecule has 140 valence electrons. The molecule has 2 atom stereocenters. The second-order valence-corrected chi connectivity index (χ2v) is 6.57. The highest BCUT2D eigenvalue weighted by atomic mass is 32.2. The third-order valence-electron chi connectivity index (χ3n) is 3.58. The van der Waals surface area contributed by atoms with E-state index >= 15 is 0 Å². The maximum atomic E-state index is 12.3. The van der Waals surface area contributed by atoms with Crippen LogP contribution in [0.5, 0.6) is 0 Å². The molecule has 0 aromatic heterocycles. The molecule has 0 bridgehead atoms. The Morgan fingerprint density at radius 1 is 1.31 bits per heavy atom. The Labute approximate surface area is 155 Å². The van der Waals surface area contributed by atoms with Gasteiger partial charge in [-0.05, 0) is 24.0 Å². The summed E-state index contributed by atoms with van der Waals surface area (Å²) < 4.78 is 10.2. The van der Waals surface area contributed by atoms with Crippen LogP contribution in [0.25, 0.3) is 0 Å². The second kappa shape index (κ2) is 9.81. The molecule has 2 rings (SSSR count). The van der Waals surface area contributed by atoms with E-state index in [-0.39, 0.29) is 13.0 Å². The first-order valence-electron chi connectivity index (χ1n) is 8.00. The lowest BCUT2D eigenvalue weighted by Gasteiger charge is -2.18. The monoisotopic (exact) mass is 380 g/mol. The molecular weight excluding hydrogens is 360 g/mol. The Balaban J connectivity index is 1.88. The van der Waals surface area contributed by atoms with Crippen LogP contribution in [0.4, 0.5) is 4.79 Å². The normalized spacial score (nSPS) is 17.3. The van der Waals surface area contributed by atoms with E-state index in [1.54, 1.807) is 0 Å². The van der Waals surface area contributed by atoms with Crippen molar-refractivity contribution < 1.29 is 28.7 Å². The lowest BCUT2D eigenvalue weighted by atomic mass is 10.2. The van der Waals surface area contributed by atoms with Crippen molar-refractivity contribution in [2.24, 2.45) is 0 Å². The molecule has 0 radical (unpaired) electrons. The van der Waals surface area contributed by atoms with Crippen molar-refractivity contribution in [2.45, 2.75) is 31.6 Å². The minimum Gasteiger partial charge on any atom is -0.450 e. The average molecular weight is 380 g/mol.